The van der Waals surface area contributed by atoms with Crippen LogP contribution in [0, 0.1) is 0 Å². The molecule has 0 radical (unpaired) electrons. The third kappa shape index (κ3) is 6.44. The standard InChI is InChI=1S/C54H36N2/c1-5-15-37(16-6-1)49-36-53(40-21-11-4-12-22-40)55-50-30-28-46-33-45(27-29-48(46)54(49)50)43-25-13-23-41(31-43)42-24-14-26-44(32-42)47-34-51(38-17-7-2-8-18-38)56-52(35-47)39-19-9-3-10-20-39/h1-36H. The highest BCUT2D eigenvalue weighted by molar-refractivity contribution is 6.14. The van der Waals surface area contributed by atoms with E-state index in [0.717, 1.165) is 50.4 Å². The van der Waals surface area contributed by atoms with Gasteiger partial charge in [0.15, 0.2) is 0 Å². The monoisotopic (exact) mass is 712 g/mol. The highest BCUT2D eigenvalue weighted by Crippen LogP contribution is 2.39. The smallest absolute Gasteiger partial charge is 0.0722 e. The summed E-state index contributed by atoms with van der Waals surface area (Å²) in [5.41, 5.74) is 16.6. The number of benzene rings is 8. The summed E-state index contributed by atoms with van der Waals surface area (Å²) in [4.78, 5) is 10.3. The van der Waals surface area contributed by atoms with E-state index in [4.69, 9.17) is 9.97 Å². The lowest BCUT2D eigenvalue weighted by Crippen LogP contribution is -1.92. The number of hydrogen-bond donors (Lipinski definition) is 0. The van der Waals surface area contributed by atoms with Crippen molar-refractivity contribution in [3.63, 3.8) is 0 Å². The van der Waals surface area contributed by atoms with Crippen molar-refractivity contribution < 1.29 is 0 Å². The van der Waals surface area contributed by atoms with E-state index >= 15 is 0 Å². The summed E-state index contributed by atoms with van der Waals surface area (Å²) in [7, 11) is 0. The minimum absolute atomic E-state index is 0.960. The van der Waals surface area contributed by atoms with Crippen LogP contribution in [0.2, 0.25) is 0 Å². The van der Waals surface area contributed by atoms with E-state index in [1.165, 1.54) is 49.5 Å². The summed E-state index contributed by atoms with van der Waals surface area (Å²) >= 11 is 0. The van der Waals surface area contributed by atoms with Gasteiger partial charge in [-0.2, -0.15) is 0 Å². The van der Waals surface area contributed by atoms with Crippen LogP contribution in [0.1, 0.15) is 0 Å². The fraction of sp³-hybridized carbons (Fsp3) is 0. The van der Waals surface area contributed by atoms with Gasteiger partial charge in [0.05, 0.1) is 22.6 Å². The first kappa shape index (κ1) is 33.2. The molecule has 0 bridgehead atoms. The van der Waals surface area contributed by atoms with Crippen molar-refractivity contribution >= 4 is 21.7 Å². The number of nitrogens with zero attached hydrogens (tertiary/aromatic N) is 2. The molecule has 0 spiro atoms. The third-order valence-corrected chi connectivity index (χ3v) is 10.6. The molecule has 0 N–H and O–H groups in total. The lowest BCUT2D eigenvalue weighted by atomic mass is 9.92. The van der Waals surface area contributed by atoms with Gasteiger partial charge in [-0.05, 0) is 97.7 Å². The van der Waals surface area contributed by atoms with E-state index in [1.54, 1.807) is 0 Å². The molecule has 0 fully saturated rings. The molecule has 262 valence electrons. The molecule has 0 aliphatic rings. The zero-order valence-electron chi connectivity index (χ0n) is 30.7. The molecule has 10 aromatic rings. The van der Waals surface area contributed by atoms with Crippen LogP contribution in [0.15, 0.2) is 218 Å². The minimum atomic E-state index is 0.960. The van der Waals surface area contributed by atoms with E-state index in [-0.39, 0.29) is 0 Å². The zero-order chi connectivity index (χ0) is 37.3. The van der Waals surface area contributed by atoms with E-state index in [1.807, 2.05) is 18.2 Å². The second kappa shape index (κ2) is 14.4. The highest BCUT2D eigenvalue weighted by Gasteiger charge is 2.14. The molecule has 2 aromatic heterocycles. The molecule has 0 aliphatic carbocycles. The summed E-state index contributed by atoms with van der Waals surface area (Å²) in [6.07, 6.45) is 0. The van der Waals surface area contributed by atoms with Gasteiger partial charge in [-0.25, -0.2) is 9.97 Å². The number of hydrogen-bond acceptors (Lipinski definition) is 2. The first-order chi connectivity index (χ1) is 27.7. The van der Waals surface area contributed by atoms with Crippen molar-refractivity contribution in [3.05, 3.63) is 218 Å². The van der Waals surface area contributed by atoms with Crippen molar-refractivity contribution in [1.29, 1.82) is 0 Å². The van der Waals surface area contributed by atoms with Gasteiger partial charge < -0.3 is 0 Å². The average Bonchev–Trinajstić information content (AvgIpc) is 3.29. The topological polar surface area (TPSA) is 25.8 Å². The molecular formula is C54H36N2. The Morgan fingerprint density at radius 3 is 1.20 bits per heavy atom. The maximum Gasteiger partial charge on any atom is 0.0722 e. The Kier molecular flexibility index (Phi) is 8.55. The molecule has 0 amide bonds. The molecule has 8 aromatic carbocycles. The Labute approximate surface area is 327 Å². The second-order valence-corrected chi connectivity index (χ2v) is 14.2. The van der Waals surface area contributed by atoms with Crippen LogP contribution in [0.25, 0.3) is 100.0 Å². The van der Waals surface area contributed by atoms with Crippen LogP contribution in [0.4, 0.5) is 0 Å². The number of pyridine rings is 2. The van der Waals surface area contributed by atoms with Gasteiger partial charge >= 0.3 is 0 Å². The number of fused-ring (bicyclic) bond motifs is 3. The SMILES string of the molecule is c1ccc(-c2cc(-c3cccc(-c4cccc(-c5ccc6c(ccc7nc(-c8ccccc8)cc(-c8ccccc8)c76)c5)c4)c3)cc(-c3ccccc3)n2)cc1. The van der Waals surface area contributed by atoms with Crippen molar-refractivity contribution in [1.82, 2.24) is 9.97 Å². The van der Waals surface area contributed by atoms with E-state index in [2.05, 4.69) is 200 Å². The van der Waals surface area contributed by atoms with Gasteiger partial charge in [0.2, 0.25) is 0 Å². The molecule has 0 saturated carbocycles. The lowest BCUT2D eigenvalue weighted by Gasteiger charge is -2.14. The zero-order valence-corrected chi connectivity index (χ0v) is 30.7. The Balaban J connectivity index is 1.04. The van der Waals surface area contributed by atoms with Crippen molar-refractivity contribution in [3.8, 4) is 78.3 Å². The van der Waals surface area contributed by atoms with Crippen molar-refractivity contribution in [2.24, 2.45) is 0 Å². The molecule has 56 heavy (non-hydrogen) atoms. The van der Waals surface area contributed by atoms with Gasteiger partial charge in [-0.1, -0.05) is 176 Å². The summed E-state index contributed by atoms with van der Waals surface area (Å²) in [6, 6.07) is 77.6. The van der Waals surface area contributed by atoms with Crippen molar-refractivity contribution in [2.45, 2.75) is 0 Å². The van der Waals surface area contributed by atoms with E-state index in [0.29, 0.717) is 0 Å². The second-order valence-electron chi connectivity index (χ2n) is 14.2. The van der Waals surface area contributed by atoms with Gasteiger partial charge in [0.1, 0.15) is 0 Å². The Bertz CT molecular complexity index is 2930. The third-order valence-electron chi connectivity index (χ3n) is 10.6. The minimum Gasteiger partial charge on any atom is -0.248 e. The molecule has 0 atom stereocenters. The predicted octanol–water partition coefficient (Wildman–Crippen LogP) is 14.5. The molecule has 2 heterocycles. The highest BCUT2D eigenvalue weighted by atomic mass is 14.7. The average molecular weight is 713 g/mol. The summed E-state index contributed by atoms with van der Waals surface area (Å²) in [5.74, 6) is 0. The predicted molar refractivity (Wildman–Crippen MR) is 235 cm³/mol. The molecule has 0 aliphatic heterocycles. The van der Waals surface area contributed by atoms with E-state index < -0.39 is 0 Å². The summed E-state index contributed by atoms with van der Waals surface area (Å²) in [5, 5.41) is 3.56. The van der Waals surface area contributed by atoms with Gasteiger partial charge in [-0.15, -0.1) is 0 Å². The van der Waals surface area contributed by atoms with Crippen LogP contribution < -0.4 is 0 Å². The quantitative estimate of drug-likeness (QED) is 0.154. The van der Waals surface area contributed by atoms with Gasteiger partial charge in [-0.3, -0.25) is 0 Å². The summed E-state index contributed by atoms with van der Waals surface area (Å²) in [6.45, 7) is 0. The molecular weight excluding hydrogens is 677 g/mol. The summed E-state index contributed by atoms with van der Waals surface area (Å²) < 4.78 is 0. The van der Waals surface area contributed by atoms with Crippen LogP contribution in [-0.2, 0) is 0 Å². The first-order valence-electron chi connectivity index (χ1n) is 19.1. The molecule has 2 heteroatoms. The van der Waals surface area contributed by atoms with Gasteiger partial charge in [0.25, 0.3) is 0 Å². The van der Waals surface area contributed by atoms with Crippen molar-refractivity contribution in [2.75, 3.05) is 0 Å². The first-order valence-corrected chi connectivity index (χ1v) is 19.1. The Morgan fingerprint density at radius 2 is 0.679 bits per heavy atom. The lowest BCUT2D eigenvalue weighted by molar-refractivity contribution is 1.32. The largest absolute Gasteiger partial charge is 0.248 e. The molecule has 2 nitrogen and oxygen atoms in total. The maximum absolute atomic E-state index is 5.17. The Hall–Kier alpha value is -7.42. The molecule has 0 saturated heterocycles. The van der Waals surface area contributed by atoms with Crippen LogP contribution in [0.3, 0.4) is 0 Å². The number of rotatable bonds is 7. The van der Waals surface area contributed by atoms with Gasteiger partial charge in [0, 0.05) is 22.1 Å². The van der Waals surface area contributed by atoms with E-state index in [9.17, 15) is 0 Å². The van der Waals surface area contributed by atoms with Crippen LogP contribution >= 0.6 is 0 Å². The Morgan fingerprint density at radius 1 is 0.250 bits per heavy atom. The van der Waals surface area contributed by atoms with Crippen LogP contribution in [0.5, 0.6) is 0 Å². The molecule has 10 rings (SSSR count). The fourth-order valence-electron chi connectivity index (χ4n) is 7.81. The fourth-order valence-corrected chi connectivity index (χ4v) is 7.81. The molecule has 0 unspecified atom stereocenters. The van der Waals surface area contributed by atoms with Crippen LogP contribution in [-0.4, -0.2) is 9.97 Å². The maximum atomic E-state index is 5.17. The number of aromatic nitrogens is 2. The normalized spacial score (nSPS) is 11.2.